The van der Waals surface area contributed by atoms with Crippen LogP contribution in [0.3, 0.4) is 0 Å². The van der Waals surface area contributed by atoms with Gasteiger partial charge in [-0.15, -0.1) is 0 Å². The number of nitrogens with zero attached hydrogens (tertiary/aromatic N) is 2. The predicted octanol–water partition coefficient (Wildman–Crippen LogP) is 0.0484. The third-order valence-electron chi connectivity index (χ3n) is 9.79. The topological polar surface area (TPSA) is 224 Å². The molecule has 7 N–H and O–H groups in total. The van der Waals surface area contributed by atoms with Crippen LogP contribution in [0.5, 0.6) is 0 Å². The summed E-state index contributed by atoms with van der Waals surface area (Å²) in [5.74, 6) is -4.40. The van der Waals surface area contributed by atoms with Crippen molar-refractivity contribution in [1.29, 1.82) is 0 Å². The van der Waals surface area contributed by atoms with Gasteiger partial charge in [0.15, 0.2) is 0 Å². The van der Waals surface area contributed by atoms with E-state index in [1.807, 2.05) is 50.2 Å². The summed E-state index contributed by atoms with van der Waals surface area (Å²) in [7, 11) is 0. The number of nitrogens with one attached hydrogen (secondary N) is 7. The SMILES string of the molecule is CC(C)C[C@@H]1NC(=O)CNC(=O)[C@@H]2CCCN2C(=O)[C@H](Cc2ccccc2)NC(=O)[C@H](C)NC(=O)[C@H](Cc2ccccc2)NC(=O)[C@H](Cc2c[nH]cn2)NC1=O. The van der Waals surface area contributed by atoms with Gasteiger partial charge in [-0.2, -0.15) is 0 Å². The van der Waals surface area contributed by atoms with E-state index in [2.05, 4.69) is 41.9 Å². The van der Waals surface area contributed by atoms with Gasteiger partial charge in [-0.25, -0.2) is 4.98 Å². The van der Waals surface area contributed by atoms with Crippen LogP contribution in [0, 0.1) is 5.92 Å². The van der Waals surface area contributed by atoms with Crippen LogP contribution >= 0.6 is 0 Å². The summed E-state index contributed by atoms with van der Waals surface area (Å²) in [4.78, 5) is 105. The van der Waals surface area contributed by atoms with Crippen molar-refractivity contribution < 1.29 is 33.6 Å². The second kappa shape index (κ2) is 19.5. The van der Waals surface area contributed by atoms with Gasteiger partial charge in [0.1, 0.15) is 36.3 Å². The van der Waals surface area contributed by atoms with Crippen molar-refractivity contribution in [2.45, 2.75) is 95.5 Å². The molecule has 298 valence electrons. The summed E-state index contributed by atoms with van der Waals surface area (Å²) >= 11 is 0. The lowest BCUT2D eigenvalue weighted by Gasteiger charge is -2.30. The molecule has 2 saturated heterocycles. The molecule has 0 aliphatic carbocycles. The van der Waals surface area contributed by atoms with Crippen LogP contribution in [-0.2, 0) is 52.8 Å². The Morgan fingerprint density at radius 2 is 1.25 bits per heavy atom. The van der Waals surface area contributed by atoms with Crippen LogP contribution in [0.4, 0.5) is 0 Å². The van der Waals surface area contributed by atoms with E-state index in [0.717, 1.165) is 11.1 Å². The normalized spacial score (nSPS) is 24.9. The van der Waals surface area contributed by atoms with Crippen molar-refractivity contribution in [2.24, 2.45) is 5.92 Å². The minimum atomic E-state index is -1.23. The number of carbonyl (C=O) groups is 7. The first kappa shape index (κ1) is 41.1. The highest BCUT2D eigenvalue weighted by atomic mass is 16.2. The summed E-state index contributed by atoms with van der Waals surface area (Å²) in [6.07, 6.45) is 4.21. The van der Waals surface area contributed by atoms with Crippen molar-refractivity contribution in [1.82, 2.24) is 46.8 Å². The van der Waals surface area contributed by atoms with E-state index >= 15 is 0 Å². The van der Waals surface area contributed by atoms with Gasteiger partial charge in [0, 0.05) is 32.0 Å². The number of fused-ring (bicyclic) bond motifs is 1. The Bertz CT molecular complexity index is 1840. The zero-order valence-electron chi connectivity index (χ0n) is 31.9. The Kier molecular flexibility index (Phi) is 14.3. The summed E-state index contributed by atoms with van der Waals surface area (Å²) in [5, 5.41) is 16.3. The molecule has 3 heterocycles. The predicted molar refractivity (Wildman–Crippen MR) is 205 cm³/mol. The number of hydrogen-bond donors (Lipinski definition) is 7. The second-order valence-electron chi connectivity index (χ2n) is 14.7. The van der Waals surface area contributed by atoms with Gasteiger partial charge >= 0.3 is 0 Å². The van der Waals surface area contributed by atoms with Crippen LogP contribution in [-0.4, -0.2) is 106 Å². The molecular formula is C40H51N9O7. The van der Waals surface area contributed by atoms with Crippen molar-refractivity contribution in [3.05, 3.63) is 90.0 Å². The third kappa shape index (κ3) is 11.5. The Labute approximate surface area is 325 Å². The van der Waals surface area contributed by atoms with E-state index < -0.39 is 84.1 Å². The molecule has 56 heavy (non-hydrogen) atoms. The Hall–Kier alpha value is -6.06. The van der Waals surface area contributed by atoms with E-state index in [9.17, 15) is 33.6 Å². The van der Waals surface area contributed by atoms with Crippen molar-refractivity contribution in [3.8, 4) is 0 Å². The molecule has 1 aromatic heterocycles. The van der Waals surface area contributed by atoms with Crippen molar-refractivity contribution >= 4 is 41.4 Å². The molecule has 6 atom stereocenters. The van der Waals surface area contributed by atoms with Gasteiger partial charge in [0.05, 0.1) is 18.6 Å². The molecule has 2 aliphatic heterocycles. The fraction of sp³-hybridized carbons (Fsp3) is 0.450. The van der Waals surface area contributed by atoms with E-state index in [-0.39, 0.29) is 38.1 Å². The quantitative estimate of drug-likeness (QED) is 0.165. The van der Waals surface area contributed by atoms with Gasteiger partial charge < -0.3 is 41.8 Å². The van der Waals surface area contributed by atoms with Gasteiger partial charge in [-0.3, -0.25) is 33.6 Å². The number of imidazole rings is 1. The molecule has 3 aromatic rings. The molecule has 16 nitrogen and oxygen atoms in total. The summed E-state index contributed by atoms with van der Waals surface area (Å²) in [6, 6.07) is 11.4. The van der Waals surface area contributed by atoms with E-state index in [0.29, 0.717) is 18.5 Å². The van der Waals surface area contributed by atoms with Crippen LogP contribution in [0.1, 0.15) is 56.9 Å². The van der Waals surface area contributed by atoms with Crippen molar-refractivity contribution in [3.63, 3.8) is 0 Å². The first-order chi connectivity index (χ1) is 26.9. The minimum Gasteiger partial charge on any atom is -0.351 e. The Morgan fingerprint density at radius 3 is 1.86 bits per heavy atom. The number of rotatable bonds is 8. The fourth-order valence-electron chi connectivity index (χ4n) is 6.89. The standard InChI is InChI=1S/C40H51N9O7/c1-24(2)17-29-37(53)47-31(20-28-21-41-23-43-28)38(54)46-30(18-26-11-6-4-7-12-26)36(52)44-25(3)35(51)48-32(19-27-13-8-5-9-14-27)40(56)49-16-10-15-33(49)39(55)42-22-34(50)45-29/h4-9,11-14,21,23-25,29-33H,10,15-20,22H2,1-3H3,(H,41,43)(H,42,55)(H,44,52)(H,45,50)(H,46,54)(H,47,53)(H,48,51)/t25-,29-,30-,31-,32-,33-/m0/s1. The number of H-pyrrole nitrogens is 1. The first-order valence-electron chi connectivity index (χ1n) is 19.0. The second-order valence-corrected chi connectivity index (χ2v) is 14.7. The maximum absolute atomic E-state index is 14.2. The van der Waals surface area contributed by atoms with Gasteiger partial charge in [-0.1, -0.05) is 74.5 Å². The molecule has 0 spiro atoms. The molecular weight excluding hydrogens is 718 g/mol. The van der Waals surface area contributed by atoms with Crippen LogP contribution in [0.2, 0.25) is 0 Å². The van der Waals surface area contributed by atoms with Gasteiger partial charge in [-0.05, 0) is 43.2 Å². The monoisotopic (exact) mass is 769 g/mol. The zero-order chi connectivity index (χ0) is 40.2. The lowest BCUT2D eigenvalue weighted by Crippen LogP contribution is -2.60. The molecule has 7 amide bonds. The van der Waals surface area contributed by atoms with E-state index in [1.165, 1.54) is 18.2 Å². The fourth-order valence-corrected chi connectivity index (χ4v) is 6.89. The highest BCUT2D eigenvalue weighted by molar-refractivity contribution is 5.98. The molecule has 2 aliphatic rings. The lowest BCUT2D eigenvalue weighted by molar-refractivity contribution is -0.142. The highest BCUT2D eigenvalue weighted by Crippen LogP contribution is 2.20. The Morgan fingerprint density at radius 1 is 0.679 bits per heavy atom. The summed E-state index contributed by atoms with van der Waals surface area (Å²) < 4.78 is 0. The van der Waals surface area contributed by atoms with E-state index in [4.69, 9.17) is 0 Å². The number of amides is 7. The molecule has 2 aromatic carbocycles. The van der Waals surface area contributed by atoms with Gasteiger partial charge in [0.25, 0.3) is 0 Å². The smallest absolute Gasteiger partial charge is 0.246 e. The molecule has 0 bridgehead atoms. The number of carbonyl (C=O) groups excluding carboxylic acids is 7. The summed E-state index contributed by atoms with van der Waals surface area (Å²) in [6.45, 7) is 5.01. The molecule has 0 unspecified atom stereocenters. The molecule has 0 radical (unpaired) electrons. The lowest BCUT2D eigenvalue weighted by atomic mass is 10.0. The minimum absolute atomic E-state index is 0.0483. The number of aromatic nitrogens is 2. The van der Waals surface area contributed by atoms with E-state index in [1.54, 1.807) is 30.5 Å². The Balaban J connectivity index is 1.49. The molecule has 0 saturated carbocycles. The summed E-state index contributed by atoms with van der Waals surface area (Å²) in [5.41, 5.74) is 1.94. The average Bonchev–Trinajstić information content (AvgIpc) is 3.89. The average molecular weight is 770 g/mol. The number of aromatic amines is 1. The molecule has 5 rings (SSSR count). The largest absolute Gasteiger partial charge is 0.351 e. The number of benzene rings is 2. The first-order valence-corrected chi connectivity index (χ1v) is 19.0. The van der Waals surface area contributed by atoms with Crippen LogP contribution in [0.25, 0.3) is 0 Å². The molecule has 16 heteroatoms. The van der Waals surface area contributed by atoms with Crippen LogP contribution < -0.4 is 31.9 Å². The number of hydrogen-bond acceptors (Lipinski definition) is 8. The molecule has 2 fully saturated rings. The van der Waals surface area contributed by atoms with Crippen LogP contribution in [0.15, 0.2) is 73.2 Å². The maximum Gasteiger partial charge on any atom is 0.246 e. The maximum atomic E-state index is 14.2. The third-order valence-corrected chi connectivity index (χ3v) is 9.79. The highest BCUT2D eigenvalue weighted by Gasteiger charge is 2.39. The van der Waals surface area contributed by atoms with Gasteiger partial charge in [0.2, 0.25) is 41.4 Å². The van der Waals surface area contributed by atoms with Crippen molar-refractivity contribution in [2.75, 3.05) is 13.1 Å². The zero-order valence-corrected chi connectivity index (χ0v) is 31.9.